The predicted molar refractivity (Wildman–Crippen MR) is 79.7 cm³/mol. The second-order valence-electron chi connectivity index (χ2n) is 4.65. The van der Waals surface area contributed by atoms with Crippen molar-refractivity contribution in [1.29, 1.82) is 0 Å². The van der Waals surface area contributed by atoms with E-state index in [9.17, 15) is 15.2 Å². The fraction of sp³-hybridized carbons (Fsp3) is 0.571. The summed E-state index contributed by atoms with van der Waals surface area (Å²) in [6.07, 6.45) is -0.746. The minimum atomic E-state index is -0.746. The van der Waals surface area contributed by atoms with Gasteiger partial charge in [0, 0.05) is 33.4 Å². The smallest absolute Gasteiger partial charge is 0.292 e. The molecule has 7 nitrogen and oxygen atoms in total. The minimum Gasteiger partial charge on any atom is -0.389 e. The van der Waals surface area contributed by atoms with Gasteiger partial charge in [-0.25, -0.2) is 0 Å². The maximum absolute atomic E-state index is 11.3. The van der Waals surface area contributed by atoms with Crippen LogP contribution in [0.5, 0.6) is 0 Å². The molecule has 0 radical (unpaired) electrons. The summed E-state index contributed by atoms with van der Waals surface area (Å²) in [6, 6.07) is 4.76. The molecular weight excluding hydrogens is 276 g/mol. The molecule has 118 valence electrons. The molecule has 0 aromatic heterocycles. The molecule has 0 amide bonds. The Bertz CT molecular complexity index is 457. The van der Waals surface area contributed by atoms with Gasteiger partial charge in [0.05, 0.1) is 24.2 Å². The molecule has 0 spiro atoms. The number of benzene rings is 1. The maximum atomic E-state index is 11.3. The first kappa shape index (κ1) is 17.4. The van der Waals surface area contributed by atoms with Crippen molar-refractivity contribution in [3.63, 3.8) is 0 Å². The van der Waals surface area contributed by atoms with Crippen molar-refractivity contribution in [3.8, 4) is 0 Å². The Morgan fingerprint density at radius 1 is 1.29 bits per heavy atom. The Balaban J connectivity index is 3.12. The highest BCUT2D eigenvalue weighted by Gasteiger charge is 2.21. The van der Waals surface area contributed by atoms with Crippen molar-refractivity contribution < 1.29 is 19.5 Å². The van der Waals surface area contributed by atoms with Crippen LogP contribution in [-0.2, 0) is 9.47 Å². The number of hydrogen-bond donors (Lipinski definition) is 1. The Morgan fingerprint density at radius 2 is 1.86 bits per heavy atom. The van der Waals surface area contributed by atoms with Gasteiger partial charge in [-0.05, 0) is 18.6 Å². The molecule has 1 aromatic rings. The van der Waals surface area contributed by atoms with Crippen LogP contribution in [0.4, 0.5) is 11.4 Å². The van der Waals surface area contributed by atoms with Crippen molar-refractivity contribution in [3.05, 3.63) is 33.9 Å². The standard InChI is InChI=1S/C14H22N2O5/c1-11(17)12-4-5-13(14(10-12)16(18)19)15(6-8-20-2)7-9-21-3/h4-5,10-11,17H,6-9H2,1-3H3/t11-/m1/s1. The highest BCUT2D eigenvalue weighted by molar-refractivity contribution is 5.64. The fourth-order valence-corrected chi connectivity index (χ4v) is 1.97. The normalized spacial score (nSPS) is 12.2. The summed E-state index contributed by atoms with van der Waals surface area (Å²) in [5.74, 6) is 0. The molecule has 0 aliphatic rings. The van der Waals surface area contributed by atoms with Crippen LogP contribution < -0.4 is 4.90 Å². The Labute approximate surface area is 124 Å². The van der Waals surface area contributed by atoms with E-state index < -0.39 is 11.0 Å². The van der Waals surface area contributed by atoms with E-state index in [0.29, 0.717) is 37.6 Å². The molecule has 1 aromatic carbocycles. The first-order valence-electron chi connectivity index (χ1n) is 6.70. The van der Waals surface area contributed by atoms with Gasteiger partial charge in [-0.2, -0.15) is 0 Å². The highest BCUT2D eigenvalue weighted by atomic mass is 16.6. The van der Waals surface area contributed by atoms with E-state index in [-0.39, 0.29) is 5.69 Å². The molecule has 7 heteroatoms. The fourth-order valence-electron chi connectivity index (χ4n) is 1.97. The van der Waals surface area contributed by atoms with Gasteiger partial charge in [0.25, 0.3) is 5.69 Å². The van der Waals surface area contributed by atoms with Crippen molar-refractivity contribution in [2.45, 2.75) is 13.0 Å². The van der Waals surface area contributed by atoms with E-state index in [1.54, 1.807) is 33.3 Å². The maximum Gasteiger partial charge on any atom is 0.292 e. The number of aliphatic hydroxyl groups is 1. The molecule has 0 unspecified atom stereocenters. The summed E-state index contributed by atoms with van der Waals surface area (Å²) in [4.78, 5) is 12.7. The third-order valence-electron chi connectivity index (χ3n) is 3.15. The molecule has 1 N–H and O–H groups in total. The van der Waals surface area contributed by atoms with Crippen LogP contribution in [0.15, 0.2) is 18.2 Å². The number of ether oxygens (including phenoxy) is 2. The predicted octanol–water partition coefficient (Wildman–Crippen LogP) is 1.75. The number of hydrogen-bond acceptors (Lipinski definition) is 6. The van der Waals surface area contributed by atoms with E-state index >= 15 is 0 Å². The monoisotopic (exact) mass is 298 g/mol. The van der Waals surface area contributed by atoms with Crippen molar-refractivity contribution in [2.24, 2.45) is 0 Å². The average molecular weight is 298 g/mol. The molecular formula is C14H22N2O5. The first-order valence-corrected chi connectivity index (χ1v) is 6.70. The number of aliphatic hydroxyl groups excluding tert-OH is 1. The number of methoxy groups -OCH3 is 2. The molecule has 0 aliphatic carbocycles. The van der Waals surface area contributed by atoms with E-state index in [4.69, 9.17) is 9.47 Å². The zero-order valence-electron chi connectivity index (χ0n) is 12.6. The van der Waals surface area contributed by atoms with Crippen LogP contribution in [-0.4, -0.2) is 50.6 Å². The van der Waals surface area contributed by atoms with E-state index in [0.717, 1.165) is 0 Å². The molecule has 0 fully saturated rings. The van der Waals surface area contributed by atoms with Gasteiger partial charge in [0.1, 0.15) is 5.69 Å². The van der Waals surface area contributed by atoms with Gasteiger partial charge in [-0.3, -0.25) is 10.1 Å². The molecule has 21 heavy (non-hydrogen) atoms. The molecule has 1 atom stereocenters. The molecule has 1 rings (SSSR count). The lowest BCUT2D eigenvalue weighted by Crippen LogP contribution is -2.31. The Morgan fingerprint density at radius 3 is 2.29 bits per heavy atom. The quantitative estimate of drug-likeness (QED) is 0.552. The van der Waals surface area contributed by atoms with Crippen LogP contribution >= 0.6 is 0 Å². The zero-order chi connectivity index (χ0) is 15.8. The second kappa shape index (κ2) is 8.56. The number of rotatable bonds is 9. The largest absolute Gasteiger partial charge is 0.389 e. The molecule has 0 heterocycles. The van der Waals surface area contributed by atoms with Gasteiger partial charge in [0.15, 0.2) is 0 Å². The topological polar surface area (TPSA) is 85.1 Å². The SMILES string of the molecule is COCCN(CCOC)c1ccc([C@@H](C)O)cc1[N+](=O)[O-]. The molecule has 0 saturated carbocycles. The van der Waals surface area contributed by atoms with Gasteiger partial charge in [-0.1, -0.05) is 6.07 Å². The Hall–Kier alpha value is -1.70. The summed E-state index contributed by atoms with van der Waals surface area (Å²) in [5, 5.41) is 20.8. The molecule has 0 aliphatic heterocycles. The summed E-state index contributed by atoms with van der Waals surface area (Å²) in [5.41, 5.74) is 0.989. The summed E-state index contributed by atoms with van der Waals surface area (Å²) in [6.45, 7) is 3.54. The Kier molecular flexibility index (Phi) is 7.07. The van der Waals surface area contributed by atoms with Crippen molar-refractivity contribution >= 4 is 11.4 Å². The lowest BCUT2D eigenvalue weighted by atomic mass is 10.1. The third-order valence-corrected chi connectivity index (χ3v) is 3.15. The minimum absolute atomic E-state index is 0.0272. The van der Waals surface area contributed by atoms with Crippen LogP contribution in [0.25, 0.3) is 0 Å². The van der Waals surface area contributed by atoms with Crippen molar-refractivity contribution in [2.75, 3.05) is 45.4 Å². The van der Waals surface area contributed by atoms with Gasteiger partial charge in [0.2, 0.25) is 0 Å². The number of nitro benzene ring substituents is 1. The molecule has 0 saturated heterocycles. The van der Waals surface area contributed by atoms with E-state index in [1.807, 2.05) is 4.90 Å². The second-order valence-corrected chi connectivity index (χ2v) is 4.65. The van der Waals surface area contributed by atoms with Gasteiger partial charge >= 0.3 is 0 Å². The van der Waals surface area contributed by atoms with Crippen LogP contribution in [0.1, 0.15) is 18.6 Å². The lowest BCUT2D eigenvalue weighted by Gasteiger charge is -2.24. The van der Waals surface area contributed by atoms with Gasteiger partial charge in [-0.15, -0.1) is 0 Å². The summed E-state index contributed by atoms with van der Waals surface area (Å²) < 4.78 is 10.1. The van der Waals surface area contributed by atoms with Crippen LogP contribution in [0.3, 0.4) is 0 Å². The first-order chi connectivity index (χ1) is 10.0. The number of nitro groups is 1. The van der Waals surface area contributed by atoms with E-state index in [1.165, 1.54) is 6.07 Å². The van der Waals surface area contributed by atoms with Crippen LogP contribution in [0.2, 0.25) is 0 Å². The number of anilines is 1. The molecule has 0 bridgehead atoms. The van der Waals surface area contributed by atoms with E-state index in [2.05, 4.69) is 0 Å². The summed E-state index contributed by atoms with van der Waals surface area (Å²) >= 11 is 0. The number of nitrogens with zero attached hydrogens (tertiary/aromatic N) is 2. The average Bonchev–Trinajstić information content (AvgIpc) is 2.46. The summed E-state index contributed by atoms with van der Waals surface area (Å²) in [7, 11) is 3.17. The van der Waals surface area contributed by atoms with Gasteiger partial charge < -0.3 is 19.5 Å². The van der Waals surface area contributed by atoms with Crippen molar-refractivity contribution in [1.82, 2.24) is 0 Å². The highest BCUT2D eigenvalue weighted by Crippen LogP contribution is 2.31. The lowest BCUT2D eigenvalue weighted by molar-refractivity contribution is -0.384. The van der Waals surface area contributed by atoms with Crippen LogP contribution in [0, 0.1) is 10.1 Å². The third kappa shape index (κ3) is 4.96. The zero-order valence-corrected chi connectivity index (χ0v) is 12.6.